The molecule has 23 heavy (non-hydrogen) atoms. The topological polar surface area (TPSA) is 46.3 Å². The molecule has 1 fully saturated rings. The molecule has 4 nitrogen and oxygen atoms in total. The Labute approximate surface area is 145 Å². The zero-order valence-electron chi connectivity index (χ0n) is 13.7. The maximum absolute atomic E-state index is 13.1. The lowest BCUT2D eigenvalue weighted by Gasteiger charge is -2.26. The molecule has 3 rings (SSSR count). The quantitative estimate of drug-likeness (QED) is 0.778. The summed E-state index contributed by atoms with van der Waals surface area (Å²) in [4.78, 5) is 15.1. The number of aryl methyl sites for hydroxylation is 2. The van der Waals surface area contributed by atoms with Crippen LogP contribution < -0.4 is 0 Å². The van der Waals surface area contributed by atoms with Gasteiger partial charge in [-0.3, -0.25) is 4.79 Å². The van der Waals surface area contributed by atoms with Crippen LogP contribution in [0.1, 0.15) is 48.3 Å². The molecule has 2 aromatic rings. The molecule has 1 heterocycles. The van der Waals surface area contributed by atoms with Crippen LogP contribution in [0.4, 0.5) is 0 Å². The van der Waals surface area contributed by atoms with Crippen molar-refractivity contribution in [3.8, 4) is 0 Å². The Morgan fingerprint density at radius 1 is 1.43 bits per heavy atom. The van der Waals surface area contributed by atoms with E-state index in [1.807, 2.05) is 37.8 Å². The SMILES string of the molecule is Cc1noc(C)c1[C@@H](C)C(=O)N(Cc1cccc(Br)c1)C1CC1. The van der Waals surface area contributed by atoms with Gasteiger partial charge in [0.25, 0.3) is 0 Å². The third-order valence-electron chi connectivity index (χ3n) is 4.40. The summed E-state index contributed by atoms with van der Waals surface area (Å²) in [5.41, 5.74) is 2.88. The Hall–Kier alpha value is -1.62. The second kappa shape index (κ2) is 6.48. The average Bonchev–Trinajstić information content (AvgIpc) is 3.29. The number of hydrogen-bond acceptors (Lipinski definition) is 3. The third kappa shape index (κ3) is 3.50. The van der Waals surface area contributed by atoms with Crippen molar-refractivity contribution in [2.24, 2.45) is 0 Å². The van der Waals surface area contributed by atoms with Gasteiger partial charge in [-0.2, -0.15) is 0 Å². The van der Waals surface area contributed by atoms with Crippen LogP contribution in [0, 0.1) is 13.8 Å². The molecular weight excluding hydrogens is 356 g/mol. The van der Waals surface area contributed by atoms with E-state index in [0.717, 1.165) is 39.9 Å². The van der Waals surface area contributed by atoms with E-state index in [9.17, 15) is 4.79 Å². The van der Waals surface area contributed by atoms with Crippen molar-refractivity contribution in [3.05, 3.63) is 51.3 Å². The second-order valence-electron chi connectivity index (χ2n) is 6.29. The van der Waals surface area contributed by atoms with Crippen LogP contribution in [0.3, 0.4) is 0 Å². The van der Waals surface area contributed by atoms with Gasteiger partial charge in [0.1, 0.15) is 5.76 Å². The van der Waals surface area contributed by atoms with Gasteiger partial charge in [-0.15, -0.1) is 0 Å². The van der Waals surface area contributed by atoms with E-state index in [1.54, 1.807) is 0 Å². The van der Waals surface area contributed by atoms with E-state index in [4.69, 9.17) is 4.52 Å². The van der Waals surface area contributed by atoms with Crippen LogP contribution in [-0.2, 0) is 11.3 Å². The lowest BCUT2D eigenvalue weighted by Crippen LogP contribution is -2.36. The lowest BCUT2D eigenvalue weighted by molar-refractivity contribution is -0.133. The molecule has 0 bridgehead atoms. The first kappa shape index (κ1) is 16.2. The van der Waals surface area contributed by atoms with Crippen molar-refractivity contribution in [1.29, 1.82) is 0 Å². The van der Waals surface area contributed by atoms with Gasteiger partial charge >= 0.3 is 0 Å². The van der Waals surface area contributed by atoms with Crippen LogP contribution in [0.25, 0.3) is 0 Å². The molecule has 0 N–H and O–H groups in total. The van der Waals surface area contributed by atoms with E-state index in [1.165, 1.54) is 0 Å². The highest BCUT2D eigenvalue weighted by Crippen LogP contribution is 2.33. The minimum absolute atomic E-state index is 0.155. The smallest absolute Gasteiger partial charge is 0.230 e. The lowest BCUT2D eigenvalue weighted by atomic mass is 9.97. The molecular formula is C18H21BrN2O2. The van der Waals surface area contributed by atoms with E-state index in [-0.39, 0.29) is 11.8 Å². The summed E-state index contributed by atoms with van der Waals surface area (Å²) < 4.78 is 6.27. The summed E-state index contributed by atoms with van der Waals surface area (Å²) in [5.74, 6) is 0.664. The van der Waals surface area contributed by atoms with Crippen LogP contribution >= 0.6 is 15.9 Å². The van der Waals surface area contributed by atoms with Gasteiger partial charge in [0.15, 0.2) is 0 Å². The molecule has 1 saturated carbocycles. The van der Waals surface area contributed by atoms with Crippen LogP contribution in [0.15, 0.2) is 33.3 Å². The highest BCUT2D eigenvalue weighted by Gasteiger charge is 2.36. The molecule has 1 aromatic heterocycles. The largest absolute Gasteiger partial charge is 0.361 e. The van der Waals surface area contributed by atoms with Gasteiger partial charge in [0.05, 0.1) is 11.6 Å². The predicted octanol–water partition coefficient (Wildman–Crippen LogP) is 4.35. The number of rotatable bonds is 5. The van der Waals surface area contributed by atoms with Gasteiger partial charge in [-0.05, 0) is 51.3 Å². The summed E-state index contributed by atoms with van der Waals surface area (Å²) in [6, 6.07) is 8.51. The van der Waals surface area contributed by atoms with Crippen molar-refractivity contribution in [3.63, 3.8) is 0 Å². The fourth-order valence-electron chi connectivity index (χ4n) is 3.09. The number of amides is 1. The van der Waals surface area contributed by atoms with Gasteiger partial charge in [0.2, 0.25) is 5.91 Å². The Kier molecular flexibility index (Phi) is 4.57. The fraction of sp³-hybridized carbons (Fsp3) is 0.444. The zero-order valence-corrected chi connectivity index (χ0v) is 15.3. The summed E-state index contributed by atoms with van der Waals surface area (Å²) >= 11 is 3.50. The monoisotopic (exact) mass is 376 g/mol. The Balaban J connectivity index is 1.82. The number of benzene rings is 1. The summed E-state index contributed by atoms with van der Waals surface area (Å²) in [6.45, 7) is 6.36. The molecule has 0 spiro atoms. The van der Waals surface area contributed by atoms with Crippen molar-refractivity contribution in [2.45, 2.75) is 52.1 Å². The summed E-state index contributed by atoms with van der Waals surface area (Å²) in [6.07, 6.45) is 2.18. The molecule has 1 aromatic carbocycles. The number of hydrogen-bond donors (Lipinski definition) is 0. The predicted molar refractivity (Wildman–Crippen MR) is 92.1 cm³/mol. The van der Waals surface area contributed by atoms with Crippen molar-refractivity contribution >= 4 is 21.8 Å². The van der Waals surface area contributed by atoms with E-state index in [2.05, 4.69) is 33.2 Å². The van der Waals surface area contributed by atoms with Crippen LogP contribution in [0.5, 0.6) is 0 Å². The number of aromatic nitrogens is 1. The molecule has 1 aliphatic carbocycles. The van der Waals surface area contributed by atoms with Crippen LogP contribution in [0.2, 0.25) is 0 Å². The Morgan fingerprint density at radius 3 is 2.74 bits per heavy atom. The normalized spacial score (nSPS) is 15.5. The third-order valence-corrected chi connectivity index (χ3v) is 4.90. The average molecular weight is 377 g/mol. The van der Waals surface area contributed by atoms with Gasteiger partial charge in [-0.1, -0.05) is 33.2 Å². The first-order valence-electron chi connectivity index (χ1n) is 7.95. The standard InChI is InChI=1S/C18H21BrN2O2/c1-11(17-12(2)20-23-13(17)3)18(22)21(16-7-8-16)10-14-5-4-6-15(19)9-14/h4-6,9,11,16H,7-8,10H2,1-3H3/t11-/m1/s1. The van der Waals surface area contributed by atoms with Gasteiger partial charge < -0.3 is 9.42 Å². The maximum atomic E-state index is 13.1. The van der Waals surface area contributed by atoms with E-state index in [0.29, 0.717) is 12.6 Å². The molecule has 1 atom stereocenters. The van der Waals surface area contributed by atoms with Crippen molar-refractivity contribution in [1.82, 2.24) is 10.1 Å². The number of carbonyl (C=O) groups excluding carboxylic acids is 1. The highest BCUT2D eigenvalue weighted by molar-refractivity contribution is 9.10. The first-order chi connectivity index (χ1) is 11.0. The molecule has 122 valence electrons. The van der Waals surface area contributed by atoms with Crippen molar-refractivity contribution < 1.29 is 9.32 Å². The molecule has 1 aliphatic rings. The molecule has 1 amide bonds. The van der Waals surface area contributed by atoms with Gasteiger partial charge in [-0.25, -0.2) is 0 Å². The molecule has 0 radical (unpaired) electrons. The van der Waals surface area contributed by atoms with E-state index >= 15 is 0 Å². The number of nitrogens with zero attached hydrogens (tertiary/aromatic N) is 2. The molecule has 0 unspecified atom stereocenters. The molecule has 0 aliphatic heterocycles. The Bertz CT molecular complexity index is 702. The molecule has 0 saturated heterocycles. The summed E-state index contributed by atoms with van der Waals surface area (Å²) in [5, 5.41) is 3.98. The second-order valence-corrected chi connectivity index (χ2v) is 7.20. The minimum atomic E-state index is -0.228. The van der Waals surface area contributed by atoms with Gasteiger partial charge in [0, 0.05) is 22.6 Å². The van der Waals surface area contributed by atoms with E-state index < -0.39 is 0 Å². The number of halogens is 1. The number of carbonyl (C=O) groups is 1. The molecule has 5 heteroatoms. The van der Waals surface area contributed by atoms with Crippen LogP contribution in [-0.4, -0.2) is 22.0 Å². The Morgan fingerprint density at radius 2 is 2.17 bits per heavy atom. The zero-order chi connectivity index (χ0) is 16.6. The maximum Gasteiger partial charge on any atom is 0.230 e. The highest BCUT2D eigenvalue weighted by atomic mass is 79.9. The fourth-order valence-corrected chi connectivity index (χ4v) is 3.53. The minimum Gasteiger partial charge on any atom is -0.361 e. The summed E-state index contributed by atoms with van der Waals surface area (Å²) in [7, 11) is 0. The first-order valence-corrected chi connectivity index (χ1v) is 8.74. The van der Waals surface area contributed by atoms with Crippen molar-refractivity contribution in [2.75, 3.05) is 0 Å².